The van der Waals surface area contributed by atoms with Crippen LogP contribution in [0.25, 0.3) is 0 Å². The van der Waals surface area contributed by atoms with Crippen LogP contribution in [0.1, 0.15) is 12.0 Å². The van der Waals surface area contributed by atoms with Gasteiger partial charge in [-0.25, -0.2) is 0 Å². The Morgan fingerprint density at radius 3 is 2.86 bits per heavy atom. The summed E-state index contributed by atoms with van der Waals surface area (Å²) < 4.78 is 0. The highest BCUT2D eigenvalue weighted by Crippen LogP contribution is 2.19. The minimum absolute atomic E-state index is 0.803. The molecular weight excluding hydrogens is 214 g/mol. The molecule has 0 atom stereocenters. The molecule has 1 rings (SSSR count). The molecule has 1 nitrogen and oxygen atoms in total. The Labute approximate surface area is 95.2 Å². The molecule has 1 aromatic carbocycles. The van der Waals surface area contributed by atoms with E-state index < -0.39 is 0 Å². The lowest BCUT2D eigenvalue weighted by Crippen LogP contribution is -2.03. The van der Waals surface area contributed by atoms with E-state index in [1.54, 1.807) is 0 Å². The van der Waals surface area contributed by atoms with Crippen molar-refractivity contribution in [3.05, 3.63) is 28.8 Å². The Bertz CT molecular complexity index is 289. The van der Waals surface area contributed by atoms with Gasteiger partial charge in [0, 0.05) is 17.3 Å². The van der Waals surface area contributed by atoms with Gasteiger partial charge in [0.2, 0.25) is 0 Å². The predicted molar refractivity (Wildman–Crippen MR) is 67.7 cm³/mol. The summed E-state index contributed by atoms with van der Waals surface area (Å²) in [7, 11) is 0. The molecule has 0 aliphatic carbocycles. The first-order valence-corrected chi connectivity index (χ1v) is 6.50. The van der Waals surface area contributed by atoms with E-state index >= 15 is 0 Å². The fourth-order valence-corrected chi connectivity index (χ4v) is 1.92. The van der Waals surface area contributed by atoms with E-state index in [1.165, 1.54) is 23.4 Å². The lowest BCUT2D eigenvalue weighted by molar-refractivity contribution is 0.991. The quantitative estimate of drug-likeness (QED) is 0.771. The number of halogens is 1. The summed E-state index contributed by atoms with van der Waals surface area (Å²) in [6.45, 7) is 3.10. The van der Waals surface area contributed by atoms with Gasteiger partial charge in [-0.15, -0.1) is 0 Å². The monoisotopic (exact) mass is 229 g/mol. The molecule has 78 valence electrons. The maximum absolute atomic E-state index is 5.87. The van der Waals surface area contributed by atoms with Crippen molar-refractivity contribution in [2.75, 3.05) is 23.9 Å². The predicted octanol–water partition coefficient (Wildman–Crippen LogP) is 3.81. The molecule has 1 N–H and O–H groups in total. The van der Waals surface area contributed by atoms with Crippen molar-refractivity contribution in [1.82, 2.24) is 0 Å². The zero-order chi connectivity index (χ0) is 10.4. The minimum atomic E-state index is 0.803. The molecule has 0 spiro atoms. The van der Waals surface area contributed by atoms with Gasteiger partial charge in [0.15, 0.2) is 0 Å². The molecule has 0 heterocycles. The summed E-state index contributed by atoms with van der Waals surface area (Å²) in [5.74, 6) is 1.21. The van der Waals surface area contributed by atoms with Gasteiger partial charge >= 0.3 is 0 Å². The van der Waals surface area contributed by atoms with Gasteiger partial charge in [0.05, 0.1) is 0 Å². The van der Waals surface area contributed by atoms with Crippen LogP contribution in [-0.4, -0.2) is 18.6 Å². The van der Waals surface area contributed by atoms with E-state index in [1.807, 2.05) is 30.0 Å². The number of nitrogens with one attached hydrogen (secondary N) is 1. The third-order valence-corrected chi connectivity index (χ3v) is 2.96. The summed E-state index contributed by atoms with van der Waals surface area (Å²) >= 11 is 7.75. The van der Waals surface area contributed by atoms with Gasteiger partial charge in [-0.3, -0.25) is 0 Å². The van der Waals surface area contributed by atoms with E-state index in [-0.39, 0.29) is 0 Å². The first kappa shape index (κ1) is 11.7. The van der Waals surface area contributed by atoms with Crippen molar-refractivity contribution in [2.45, 2.75) is 13.3 Å². The lowest BCUT2D eigenvalue weighted by atomic mass is 10.2. The highest BCUT2D eigenvalue weighted by atomic mass is 35.5. The fraction of sp³-hybridized carbons (Fsp3) is 0.455. The second-order valence-corrected chi connectivity index (χ2v) is 4.65. The number of rotatable bonds is 5. The molecule has 1 aromatic rings. The van der Waals surface area contributed by atoms with E-state index in [0.29, 0.717) is 0 Å². The number of hydrogen-bond acceptors (Lipinski definition) is 2. The highest BCUT2D eigenvalue weighted by molar-refractivity contribution is 7.98. The van der Waals surface area contributed by atoms with E-state index in [2.05, 4.69) is 18.5 Å². The molecule has 0 amide bonds. The standard InChI is InChI=1S/C11H16ClNS/c1-9-8-10(12)4-5-11(9)13-6-3-7-14-2/h4-5,8,13H,3,6-7H2,1-2H3. The summed E-state index contributed by atoms with van der Waals surface area (Å²) in [6.07, 6.45) is 3.33. The van der Waals surface area contributed by atoms with Crippen LogP contribution in [0.15, 0.2) is 18.2 Å². The molecule has 3 heteroatoms. The number of hydrogen-bond donors (Lipinski definition) is 1. The van der Waals surface area contributed by atoms with Crippen LogP contribution in [0.2, 0.25) is 5.02 Å². The van der Waals surface area contributed by atoms with Crippen LogP contribution >= 0.6 is 23.4 Å². The average Bonchev–Trinajstić information content (AvgIpc) is 2.15. The van der Waals surface area contributed by atoms with Crippen molar-refractivity contribution in [2.24, 2.45) is 0 Å². The van der Waals surface area contributed by atoms with Crippen LogP contribution in [0, 0.1) is 6.92 Å². The second-order valence-electron chi connectivity index (χ2n) is 3.23. The zero-order valence-electron chi connectivity index (χ0n) is 8.64. The van der Waals surface area contributed by atoms with Crippen LogP contribution in [0.3, 0.4) is 0 Å². The van der Waals surface area contributed by atoms with E-state index in [0.717, 1.165) is 11.6 Å². The Kier molecular flexibility index (Phi) is 5.20. The fourth-order valence-electron chi connectivity index (χ4n) is 1.26. The molecule has 14 heavy (non-hydrogen) atoms. The molecule has 0 aliphatic heterocycles. The molecule has 0 unspecified atom stereocenters. The van der Waals surface area contributed by atoms with Crippen molar-refractivity contribution in [3.63, 3.8) is 0 Å². The normalized spacial score (nSPS) is 10.2. The molecule has 0 fully saturated rings. The number of benzene rings is 1. The molecular formula is C11H16ClNS. The Morgan fingerprint density at radius 2 is 2.21 bits per heavy atom. The van der Waals surface area contributed by atoms with Gasteiger partial charge in [-0.2, -0.15) is 11.8 Å². The average molecular weight is 230 g/mol. The van der Waals surface area contributed by atoms with Crippen LogP contribution < -0.4 is 5.32 Å². The minimum Gasteiger partial charge on any atom is -0.385 e. The summed E-state index contributed by atoms with van der Waals surface area (Å²) in [5, 5.41) is 4.21. The van der Waals surface area contributed by atoms with E-state index in [9.17, 15) is 0 Å². The Morgan fingerprint density at radius 1 is 1.43 bits per heavy atom. The largest absolute Gasteiger partial charge is 0.385 e. The van der Waals surface area contributed by atoms with Crippen molar-refractivity contribution >= 4 is 29.1 Å². The van der Waals surface area contributed by atoms with Crippen molar-refractivity contribution in [3.8, 4) is 0 Å². The molecule has 0 saturated carbocycles. The van der Waals surface area contributed by atoms with Gasteiger partial charge in [0.1, 0.15) is 0 Å². The summed E-state index contributed by atoms with van der Waals surface area (Å²) in [5.41, 5.74) is 2.40. The molecule has 0 aliphatic rings. The summed E-state index contributed by atoms with van der Waals surface area (Å²) in [4.78, 5) is 0. The first-order chi connectivity index (χ1) is 6.74. The van der Waals surface area contributed by atoms with Gasteiger partial charge < -0.3 is 5.32 Å². The van der Waals surface area contributed by atoms with Crippen LogP contribution in [0.4, 0.5) is 5.69 Å². The third kappa shape index (κ3) is 3.81. The van der Waals surface area contributed by atoms with E-state index in [4.69, 9.17) is 11.6 Å². The van der Waals surface area contributed by atoms with Gasteiger partial charge in [-0.05, 0) is 49.1 Å². The zero-order valence-corrected chi connectivity index (χ0v) is 10.2. The third-order valence-electron chi connectivity index (χ3n) is 2.03. The Hall–Kier alpha value is -0.340. The van der Waals surface area contributed by atoms with Gasteiger partial charge in [0.25, 0.3) is 0 Å². The smallest absolute Gasteiger partial charge is 0.0410 e. The van der Waals surface area contributed by atoms with Crippen molar-refractivity contribution < 1.29 is 0 Å². The Balaban J connectivity index is 2.42. The molecule has 0 bridgehead atoms. The maximum atomic E-state index is 5.87. The number of anilines is 1. The SMILES string of the molecule is CSCCCNc1ccc(Cl)cc1C. The second kappa shape index (κ2) is 6.20. The van der Waals surface area contributed by atoms with Crippen LogP contribution in [-0.2, 0) is 0 Å². The molecule has 0 radical (unpaired) electrons. The molecule has 0 saturated heterocycles. The number of thioether (sulfide) groups is 1. The molecule has 0 aromatic heterocycles. The summed E-state index contributed by atoms with van der Waals surface area (Å²) in [6, 6.07) is 5.95. The maximum Gasteiger partial charge on any atom is 0.0410 e. The number of aryl methyl sites for hydroxylation is 1. The highest BCUT2D eigenvalue weighted by Gasteiger charge is 1.97. The van der Waals surface area contributed by atoms with Crippen LogP contribution in [0.5, 0.6) is 0 Å². The van der Waals surface area contributed by atoms with Crippen molar-refractivity contribution in [1.29, 1.82) is 0 Å². The van der Waals surface area contributed by atoms with Gasteiger partial charge in [-0.1, -0.05) is 11.6 Å². The lowest BCUT2D eigenvalue weighted by Gasteiger charge is -2.09. The topological polar surface area (TPSA) is 12.0 Å². The first-order valence-electron chi connectivity index (χ1n) is 4.73.